The van der Waals surface area contributed by atoms with Crippen LogP contribution in [0, 0.1) is 0 Å². The number of esters is 1. The van der Waals surface area contributed by atoms with Crippen molar-refractivity contribution in [2.24, 2.45) is 0 Å². The average Bonchev–Trinajstić information content (AvgIpc) is 0.822. The van der Waals surface area contributed by atoms with Crippen molar-refractivity contribution in [2.45, 2.75) is 500 Å². The van der Waals surface area contributed by atoms with Gasteiger partial charge in [-0.2, -0.15) is 0 Å². The molecule has 1 heterocycles. The summed E-state index contributed by atoms with van der Waals surface area (Å²) < 4.78 is 16.8. The fourth-order valence-corrected chi connectivity index (χ4v) is 14.4. The standard InChI is InChI=1S/C89H169NO10/c1-3-5-7-9-11-13-15-17-19-20-45-49-53-57-61-65-69-73-77-85(94)98-78-74-70-66-62-58-54-50-46-43-41-39-37-35-33-31-29-27-25-23-21-22-24-26-28-30-32-34-36-38-40-42-44-48-52-56-60-64-68-72-76-84(93)90-81(80-99-89-88(97)87(96)86(95)83(79-91)100-89)82(92)75-71-67-63-59-55-51-47-18-16-14-12-10-8-6-4-2/h13,15,19-20,71,75,81-83,86-89,91-92,95-97H,3-12,14,16-18,21-70,72-74,76-80H2,1-2H3,(H,90,93)/b15-13-,20-19-,75-71+. The smallest absolute Gasteiger partial charge is 0.305 e. The Morgan fingerprint density at radius 1 is 0.370 bits per heavy atom. The van der Waals surface area contributed by atoms with Gasteiger partial charge in [0.25, 0.3) is 0 Å². The molecule has 590 valence electrons. The van der Waals surface area contributed by atoms with Crippen LogP contribution in [0.25, 0.3) is 0 Å². The van der Waals surface area contributed by atoms with E-state index in [1.54, 1.807) is 6.08 Å². The molecule has 0 aromatic heterocycles. The topological polar surface area (TPSA) is 175 Å². The van der Waals surface area contributed by atoms with E-state index in [0.717, 1.165) is 64.2 Å². The molecule has 1 aliphatic rings. The molecular weight excluding hydrogens is 1240 g/mol. The molecular formula is C89H169NO10. The third kappa shape index (κ3) is 65.4. The zero-order chi connectivity index (χ0) is 72.2. The zero-order valence-electron chi connectivity index (χ0n) is 66.2. The normalized spacial score (nSPS) is 17.2. The van der Waals surface area contributed by atoms with E-state index < -0.39 is 49.5 Å². The molecule has 1 amide bonds. The lowest BCUT2D eigenvalue weighted by Gasteiger charge is -2.40. The van der Waals surface area contributed by atoms with Gasteiger partial charge in [-0.05, 0) is 64.2 Å². The van der Waals surface area contributed by atoms with Gasteiger partial charge in [-0.3, -0.25) is 9.59 Å². The summed E-state index contributed by atoms with van der Waals surface area (Å²) >= 11 is 0. The summed E-state index contributed by atoms with van der Waals surface area (Å²) in [5.41, 5.74) is 0. The van der Waals surface area contributed by atoms with Crippen LogP contribution in [-0.4, -0.2) is 100 Å². The van der Waals surface area contributed by atoms with Crippen LogP contribution in [-0.2, 0) is 23.8 Å². The van der Waals surface area contributed by atoms with E-state index in [-0.39, 0.29) is 18.5 Å². The number of hydrogen-bond donors (Lipinski definition) is 6. The molecule has 7 atom stereocenters. The first-order valence-electron chi connectivity index (χ1n) is 44.3. The summed E-state index contributed by atoms with van der Waals surface area (Å²) in [5.74, 6) is -0.160. The quantitative estimate of drug-likeness (QED) is 0.0195. The van der Waals surface area contributed by atoms with E-state index in [1.165, 1.54) is 366 Å². The van der Waals surface area contributed by atoms with Crippen LogP contribution in [0.15, 0.2) is 36.5 Å². The fraction of sp³-hybridized carbons (Fsp3) is 0.910. The Kier molecular flexibility index (Phi) is 74.8. The second kappa shape index (κ2) is 78.0. The molecule has 0 radical (unpaired) electrons. The number of rotatable bonds is 80. The molecule has 1 saturated heterocycles. The van der Waals surface area contributed by atoms with Crippen LogP contribution in [0.3, 0.4) is 0 Å². The van der Waals surface area contributed by atoms with E-state index >= 15 is 0 Å². The monoisotopic (exact) mass is 1410 g/mol. The molecule has 0 saturated carbocycles. The van der Waals surface area contributed by atoms with Crippen LogP contribution in [0.2, 0.25) is 0 Å². The van der Waals surface area contributed by atoms with Crippen molar-refractivity contribution in [3.8, 4) is 0 Å². The first-order valence-corrected chi connectivity index (χ1v) is 44.3. The number of allylic oxidation sites excluding steroid dienone is 5. The molecule has 11 heteroatoms. The van der Waals surface area contributed by atoms with Crippen molar-refractivity contribution in [3.63, 3.8) is 0 Å². The average molecular weight is 1410 g/mol. The summed E-state index contributed by atoms with van der Waals surface area (Å²) in [6, 6.07) is -0.806. The van der Waals surface area contributed by atoms with Gasteiger partial charge in [0.1, 0.15) is 24.4 Å². The Hall–Kier alpha value is -2.12. The van der Waals surface area contributed by atoms with Gasteiger partial charge in [-0.1, -0.05) is 416 Å². The maximum Gasteiger partial charge on any atom is 0.305 e. The fourth-order valence-electron chi connectivity index (χ4n) is 14.4. The number of nitrogens with one attached hydrogen (secondary N) is 1. The lowest BCUT2D eigenvalue weighted by Crippen LogP contribution is -2.60. The molecule has 0 aliphatic carbocycles. The van der Waals surface area contributed by atoms with Crippen molar-refractivity contribution < 1.29 is 49.3 Å². The molecule has 1 rings (SSSR count). The molecule has 0 bridgehead atoms. The highest BCUT2D eigenvalue weighted by Gasteiger charge is 2.44. The lowest BCUT2D eigenvalue weighted by atomic mass is 9.99. The van der Waals surface area contributed by atoms with Crippen LogP contribution in [0.1, 0.15) is 457 Å². The van der Waals surface area contributed by atoms with Crippen LogP contribution in [0.4, 0.5) is 0 Å². The van der Waals surface area contributed by atoms with E-state index in [9.17, 15) is 35.1 Å². The highest BCUT2D eigenvalue weighted by atomic mass is 16.7. The SMILES string of the molecule is CCCCCC/C=C\C/C=C\CCCCCCCCCC(=O)OCCCCCCCCCCCCCCCCCCCCCCCCCCCCCCCCCCCCCCCCCC(=O)NC(COC1OC(CO)C(O)C(O)C1O)C(O)/C=C/CCCCCCCCCCCCCCC. The van der Waals surface area contributed by atoms with Crippen LogP contribution < -0.4 is 5.32 Å². The van der Waals surface area contributed by atoms with E-state index in [1.807, 2.05) is 6.08 Å². The first kappa shape index (κ1) is 95.9. The van der Waals surface area contributed by atoms with Gasteiger partial charge in [0.15, 0.2) is 6.29 Å². The first-order chi connectivity index (χ1) is 49.2. The number of unbranched alkanes of at least 4 members (excludes halogenated alkanes) is 62. The summed E-state index contributed by atoms with van der Waals surface area (Å²) in [4.78, 5) is 25.3. The van der Waals surface area contributed by atoms with Crippen molar-refractivity contribution >= 4 is 11.9 Å². The Morgan fingerprint density at radius 2 is 0.670 bits per heavy atom. The predicted octanol–water partition coefficient (Wildman–Crippen LogP) is 24.8. The highest BCUT2D eigenvalue weighted by Crippen LogP contribution is 2.24. The summed E-state index contributed by atoms with van der Waals surface area (Å²) in [6.07, 6.45) is 93.4. The molecule has 11 nitrogen and oxygen atoms in total. The summed E-state index contributed by atoms with van der Waals surface area (Å²) in [7, 11) is 0. The Morgan fingerprint density at radius 3 is 1.02 bits per heavy atom. The third-order valence-corrected chi connectivity index (χ3v) is 21.2. The maximum absolute atomic E-state index is 13.1. The molecule has 0 aromatic rings. The van der Waals surface area contributed by atoms with Gasteiger partial charge in [-0.25, -0.2) is 0 Å². The molecule has 1 fully saturated rings. The Balaban J connectivity index is 1.86. The lowest BCUT2D eigenvalue weighted by molar-refractivity contribution is -0.302. The summed E-state index contributed by atoms with van der Waals surface area (Å²) in [5, 5.41) is 54.7. The number of hydrogen-bond acceptors (Lipinski definition) is 10. The van der Waals surface area contributed by atoms with E-state index in [0.29, 0.717) is 19.4 Å². The highest BCUT2D eigenvalue weighted by molar-refractivity contribution is 5.76. The molecule has 0 spiro atoms. The molecule has 6 N–H and O–H groups in total. The molecule has 100 heavy (non-hydrogen) atoms. The second-order valence-corrected chi connectivity index (χ2v) is 31.0. The van der Waals surface area contributed by atoms with Crippen LogP contribution >= 0.6 is 0 Å². The van der Waals surface area contributed by atoms with Crippen LogP contribution in [0.5, 0.6) is 0 Å². The van der Waals surface area contributed by atoms with Crippen molar-refractivity contribution in [3.05, 3.63) is 36.5 Å². The number of aliphatic hydroxyl groups is 5. The maximum atomic E-state index is 13.1. The van der Waals surface area contributed by atoms with Crippen molar-refractivity contribution in [2.75, 3.05) is 19.8 Å². The minimum atomic E-state index is -1.57. The predicted molar refractivity (Wildman–Crippen MR) is 426 cm³/mol. The number of carbonyl (C=O) groups is 2. The van der Waals surface area contributed by atoms with Gasteiger partial charge in [0.05, 0.1) is 32.0 Å². The van der Waals surface area contributed by atoms with E-state index in [4.69, 9.17) is 14.2 Å². The molecule has 0 aromatic carbocycles. The zero-order valence-corrected chi connectivity index (χ0v) is 66.2. The number of carbonyl (C=O) groups excluding carboxylic acids is 2. The van der Waals surface area contributed by atoms with Gasteiger partial charge in [-0.15, -0.1) is 0 Å². The van der Waals surface area contributed by atoms with Gasteiger partial charge >= 0.3 is 5.97 Å². The Bertz CT molecular complexity index is 1760. The minimum absolute atomic E-state index is 0.0119. The Labute approximate surface area is 619 Å². The van der Waals surface area contributed by atoms with Gasteiger partial charge in [0, 0.05) is 12.8 Å². The largest absolute Gasteiger partial charge is 0.466 e. The third-order valence-electron chi connectivity index (χ3n) is 21.2. The van der Waals surface area contributed by atoms with Crippen molar-refractivity contribution in [1.29, 1.82) is 0 Å². The van der Waals surface area contributed by atoms with Gasteiger partial charge in [0.2, 0.25) is 5.91 Å². The van der Waals surface area contributed by atoms with E-state index in [2.05, 4.69) is 43.5 Å². The molecule has 7 unspecified atom stereocenters. The summed E-state index contributed by atoms with van der Waals surface area (Å²) in [6.45, 7) is 4.40. The number of ether oxygens (including phenoxy) is 3. The molecule has 1 aliphatic heterocycles. The van der Waals surface area contributed by atoms with Gasteiger partial charge < -0.3 is 45.1 Å². The second-order valence-electron chi connectivity index (χ2n) is 31.0. The van der Waals surface area contributed by atoms with Crippen molar-refractivity contribution in [1.82, 2.24) is 5.32 Å². The minimum Gasteiger partial charge on any atom is -0.466 e. The number of aliphatic hydroxyl groups excluding tert-OH is 5. The number of amides is 1.